The van der Waals surface area contributed by atoms with E-state index in [-0.39, 0.29) is 23.2 Å². The van der Waals surface area contributed by atoms with E-state index in [9.17, 15) is 9.18 Å². The molecular weight excluding hydrogens is 385 g/mol. The van der Waals surface area contributed by atoms with E-state index in [0.29, 0.717) is 35.9 Å². The number of hydrogen-bond acceptors (Lipinski definition) is 6. The number of rotatable bonds is 3. The fourth-order valence-corrected chi connectivity index (χ4v) is 4.58. The van der Waals surface area contributed by atoms with Crippen LogP contribution in [0.25, 0.3) is 11.4 Å². The first kappa shape index (κ1) is 18.9. The quantitative estimate of drug-likeness (QED) is 0.664. The van der Waals surface area contributed by atoms with Crippen molar-refractivity contribution in [3.05, 3.63) is 65.6 Å². The van der Waals surface area contributed by atoms with Crippen LogP contribution in [0.2, 0.25) is 0 Å². The molecule has 2 saturated heterocycles. The van der Waals surface area contributed by atoms with E-state index in [1.165, 1.54) is 6.07 Å². The number of nitrogens with zero attached hydrogens (tertiary/aromatic N) is 5. The summed E-state index contributed by atoms with van der Waals surface area (Å²) in [6.45, 7) is 3.83. The first-order chi connectivity index (χ1) is 14.4. The van der Waals surface area contributed by atoms with Gasteiger partial charge in [-0.15, -0.1) is 0 Å². The van der Waals surface area contributed by atoms with Gasteiger partial charge in [0, 0.05) is 48.6 Å². The Morgan fingerprint density at radius 3 is 2.70 bits per heavy atom. The molecule has 0 bridgehead atoms. The summed E-state index contributed by atoms with van der Waals surface area (Å²) in [7, 11) is 2.04. The van der Waals surface area contributed by atoms with Gasteiger partial charge in [-0.25, -0.2) is 4.39 Å². The molecule has 0 aliphatic carbocycles. The highest BCUT2D eigenvalue weighted by molar-refractivity contribution is 5.95. The summed E-state index contributed by atoms with van der Waals surface area (Å²) in [6, 6.07) is 8.37. The van der Waals surface area contributed by atoms with Crippen LogP contribution < -0.4 is 0 Å². The summed E-state index contributed by atoms with van der Waals surface area (Å²) in [5, 5.41) is 4.11. The molecule has 30 heavy (non-hydrogen) atoms. The van der Waals surface area contributed by atoms with E-state index in [4.69, 9.17) is 4.52 Å². The first-order valence-electron chi connectivity index (χ1n) is 9.94. The third-order valence-electron chi connectivity index (χ3n) is 6.17. The fourth-order valence-electron chi connectivity index (χ4n) is 4.58. The summed E-state index contributed by atoms with van der Waals surface area (Å²) in [5.74, 6) is 0.668. The van der Waals surface area contributed by atoms with Crippen molar-refractivity contribution in [3.63, 3.8) is 0 Å². The van der Waals surface area contributed by atoms with E-state index in [1.54, 1.807) is 36.4 Å². The van der Waals surface area contributed by atoms with Crippen LogP contribution in [-0.4, -0.2) is 57.5 Å². The number of carbonyl (C=O) groups is 1. The van der Waals surface area contributed by atoms with Crippen LogP contribution in [0.1, 0.15) is 34.3 Å². The molecule has 2 aliphatic rings. The number of hydrogen-bond donors (Lipinski definition) is 0. The lowest BCUT2D eigenvalue weighted by molar-refractivity contribution is 0.0114. The van der Waals surface area contributed by atoms with Crippen LogP contribution in [0.15, 0.2) is 47.2 Å². The van der Waals surface area contributed by atoms with Gasteiger partial charge in [0.25, 0.3) is 5.91 Å². The van der Waals surface area contributed by atoms with Gasteiger partial charge in [-0.1, -0.05) is 11.2 Å². The van der Waals surface area contributed by atoms with Gasteiger partial charge < -0.3 is 9.42 Å². The molecule has 1 atom stereocenters. The number of benzene rings is 1. The average Bonchev–Trinajstić information content (AvgIpc) is 3.34. The minimum absolute atomic E-state index is 0.00359. The lowest BCUT2D eigenvalue weighted by atomic mass is 9.77. The Morgan fingerprint density at radius 2 is 1.97 bits per heavy atom. The van der Waals surface area contributed by atoms with Crippen molar-refractivity contribution in [1.82, 2.24) is 24.9 Å². The number of carbonyl (C=O) groups excluding carboxylic acids is 1. The number of pyridine rings is 1. The molecule has 1 unspecified atom stereocenters. The molecule has 2 aromatic heterocycles. The van der Waals surface area contributed by atoms with Crippen molar-refractivity contribution in [3.8, 4) is 11.4 Å². The highest BCUT2D eigenvalue weighted by atomic mass is 19.1. The zero-order valence-corrected chi connectivity index (χ0v) is 16.9. The second-order valence-corrected chi connectivity index (χ2v) is 8.45. The number of aryl methyl sites for hydroxylation is 1. The molecule has 4 heterocycles. The van der Waals surface area contributed by atoms with Crippen molar-refractivity contribution in [1.29, 1.82) is 0 Å². The molecule has 3 aromatic rings. The summed E-state index contributed by atoms with van der Waals surface area (Å²) in [5.41, 5.74) is 1.80. The van der Waals surface area contributed by atoms with E-state index in [0.717, 1.165) is 18.5 Å². The van der Waals surface area contributed by atoms with Crippen LogP contribution in [-0.2, 0) is 0 Å². The third-order valence-corrected chi connectivity index (χ3v) is 6.17. The monoisotopic (exact) mass is 407 g/mol. The highest BCUT2D eigenvalue weighted by Crippen LogP contribution is 2.47. The molecule has 0 saturated carbocycles. The summed E-state index contributed by atoms with van der Waals surface area (Å²) in [4.78, 5) is 25.3. The first-order valence-corrected chi connectivity index (χ1v) is 9.94. The molecule has 1 aromatic carbocycles. The highest BCUT2D eigenvalue weighted by Gasteiger charge is 2.53. The maximum absolute atomic E-state index is 13.8. The van der Waals surface area contributed by atoms with Crippen LogP contribution in [0.5, 0.6) is 0 Å². The maximum atomic E-state index is 13.8. The van der Waals surface area contributed by atoms with Crippen LogP contribution in [0.4, 0.5) is 4.39 Å². The molecule has 8 heteroatoms. The minimum atomic E-state index is -0.349. The van der Waals surface area contributed by atoms with E-state index < -0.39 is 0 Å². The minimum Gasteiger partial charge on any atom is -0.337 e. The van der Waals surface area contributed by atoms with Gasteiger partial charge in [-0.2, -0.15) is 4.98 Å². The van der Waals surface area contributed by atoms with Crippen molar-refractivity contribution in [2.75, 3.05) is 26.7 Å². The van der Waals surface area contributed by atoms with E-state index >= 15 is 0 Å². The number of aromatic nitrogens is 3. The standard InChI is InChI=1S/C22H22FN5O2/c1-14-3-4-16(9-17(14)23)21(29)28-12-22(13-28)10-18(27(2)11-22)20-25-19(26-30-20)15-5-7-24-8-6-15/h3-9,18H,10-13H2,1-2H3. The van der Waals surface area contributed by atoms with Gasteiger partial charge in [0.1, 0.15) is 5.82 Å². The Kier molecular flexibility index (Phi) is 4.39. The molecule has 5 rings (SSSR count). The summed E-state index contributed by atoms with van der Waals surface area (Å²) >= 11 is 0. The summed E-state index contributed by atoms with van der Waals surface area (Å²) < 4.78 is 19.4. The zero-order valence-electron chi connectivity index (χ0n) is 16.9. The SMILES string of the molecule is Cc1ccc(C(=O)N2CC3(CC(c4nc(-c5ccncc5)no4)N(C)C3)C2)cc1F. The number of likely N-dealkylation sites (tertiary alicyclic amines) is 2. The Balaban J connectivity index is 1.27. The summed E-state index contributed by atoms with van der Waals surface area (Å²) in [6.07, 6.45) is 4.23. The maximum Gasteiger partial charge on any atom is 0.253 e. The van der Waals surface area contributed by atoms with Crippen molar-refractivity contribution in [2.45, 2.75) is 19.4 Å². The zero-order chi connectivity index (χ0) is 20.9. The molecule has 7 nitrogen and oxygen atoms in total. The second kappa shape index (κ2) is 6.98. The number of amides is 1. The predicted octanol–water partition coefficient (Wildman–Crippen LogP) is 3.10. The fraction of sp³-hybridized carbons (Fsp3) is 0.364. The number of halogens is 1. The van der Waals surface area contributed by atoms with E-state index in [1.807, 2.05) is 19.2 Å². The smallest absolute Gasteiger partial charge is 0.253 e. The normalized spacial score (nSPS) is 20.5. The topological polar surface area (TPSA) is 75.4 Å². The van der Waals surface area contributed by atoms with Crippen molar-refractivity contribution in [2.24, 2.45) is 5.41 Å². The lowest BCUT2D eigenvalue weighted by Crippen LogP contribution is -2.59. The largest absolute Gasteiger partial charge is 0.337 e. The third kappa shape index (κ3) is 3.17. The molecular formula is C22H22FN5O2. The van der Waals surface area contributed by atoms with E-state index in [2.05, 4.69) is 20.0 Å². The Labute approximate surface area is 173 Å². The van der Waals surface area contributed by atoms with Gasteiger partial charge in [0.2, 0.25) is 11.7 Å². The molecule has 0 N–H and O–H groups in total. The predicted molar refractivity (Wildman–Crippen MR) is 107 cm³/mol. The molecule has 0 radical (unpaired) electrons. The van der Waals surface area contributed by atoms with Gasteiger partial charge in [-0.05, 0) is 50.2 Å². The Morgan fingerprint density at radius 1 is 1.20 bits per heavy atom. The van der Waals surface area contributed by atoms with Gasteiger partial charge in [-0.3, -0.25) is 14.7 Å². The van der Waals surface area contributed by atoms with Gasteiger partial charge >= 0.3 is 0 Å². The van der Waals surface area contributed by atoms with Crippen molar-refractivity contribution >= 4 is 5.91 Å². The Bertz CT molecular complexity index is 1090. The van der Waals surface area contributed by atoms with Gasteiger partial charge in [0.05, 0.1) is 6.04 Å². The molecule has 1 spiro atoms. The Hall–Kier alpha value is -3.13. The van der Waals surface area contributed by atoms with Crippen LogP contribution in [0, 0.1) is 18.2 Å². The van der Waals surface area contributed by atoms with Crippen LogP contribution in [0.3, 0.4) is 0 Å². The molecule has 2 aliphatic heterocycles. The lowest BCUT2D eigenvalue weighted by Gasteiger charge is -2.48. The average molecular weight is 407 g/mol. The van der Waals surface area contributed by atoms with Crippen molar-refractivity contribution < 1.29 is 13.7 Å². The van der Waals surface area contributed by atoms with Crippen LogP contribution >= 0.6 is 0 Å². The molecule has 2 fully saturated rings. The second-order valence-electron chi connectivity index (χ2n) is 8.45. The van der Waals surface area contributed by atoms with Gasteiger partial charge in [0.15, 0.2) is 0 Å². The molecule has 154 valence electrons. The molecule has 1 amide bonds.